The number of benzene rings is 1. The standard InChI is InChI=1S/C13H12ClN3O3/c14-11-6-5-10(20-11)13(18)16-9-3-1-8(2-4-9)7-12(15)17-19/h1-6,19H,7H2,(H2,15,17)(H,16,18). The predicted octanol–water partition coefficient (Wildman–Crippen LogP) is 2.47. The Morgan fingerprint density at radius 1 is 1.30 bits per heavy atom. The number of amidine groups is 1. The highest BCUT2D eigenvalue weighted by atomic mass is 35.5. The van der Waals surface area contributed by atoms with Crippen LogP contribution in [-0.2, 0) is 6.42 Å². The minimum absolute atomic E-state index is 0.118. The van der Waals surface area contributed by atoms with E-state index in [0.717, 1.165) is 5.56 Å². The average molecular weight is 294 g/mol. The Morgan fingerprint density at radius 2 is 2.00 bits per heavy atom. The Morgan fingerprint density at radius 3 is 2.55 bits per heavy atom. The summed E-state index contributed by atoms with van der Waals surface area (Å²) in [7, 11) is 0. The highest BCUT2D eigenvalue weighted by Crippen LogP contribution is 2.16. The van der Waals surface area contributed by atoms with Gasteiger partial charge < -0.3 is 20.7 Å². The molecule has 2 aromatic rings. The summed E-state index contributed by atoms with van der Waals surface area (Å²) in [5.41, 5.74) is 6.87. The molecule has 0 bridgehead atoms. The van der Waals surface area contributed by atoms with Crippen molar-refractivity contribution in [1.29, 1.82) is 0 Å². The third-order valence-electron chi connectivity index (χ3n) is 2.52. The number of oxime groups is 1. The Hall–Kier alpha value is -2.47. The minimum Gasteiger partial charge on any atom is -0.440 e. The van der Waals surface area contributed by atoms with Crippen molar-refractivity contribution in [2.45, 2.75) is 6.42 Å². The number of rotatable bonds is 4. The maximum absolute atomic E-state index is 11.8. The first-order valence-electron chi connectivity index (χ1n) is 5.70. The lowest BCUT2D eigenvalue weighted by Gasteiger charge is -2.05. The maximum Gasteiger partial charge on any atom is 0.291 e. The molecular formula is C13H12ClN3O3. The minimum atomic E-state index is -0.388. The second-order valence-electron chi connectivity index (χ2n) is 4.02. The molecule has 0 atom stereocenters. The lowest BCUT2D eigenvalue weighted by atomic mass is 10.1. The molecule has 0 aliphatic carbocycles. The van der Waals surface area contributed by atoms with Gasteiger partial charge in [-0.25, -0.2) is 0 Å². The zero-order valence-electron chi connectivity index (χ0n) is 10.3. The molecule has 0 fully saturated rings. The quantitative estimate of drug-likeness (QED) is 0.349. The highest BCUT2D eigenvalue weighted by Gasteiger charge is 2.10. The molecule has 0 unspecified atom stereocenters. The van der Waals surface area contributed by atoms with Crippen LogP contribution in [0.3, 0.4) is 0 Å². The molecule has 1 heterocycles. The van der Waals surface area contributed by atoms with Crippen molar-refractivity contribution in [3.63, 3.8) is 0 Å². The molecule has 0 spiro atoms. The van der Waals surface area contributed by atoms with Crippen LogP contribution in [0.5, 0.6) is 0 Å². The van der Waals surface area contributed by atoms with Crippen LogP contribution in [0, 0.1) is 0 Å². The number of hydrogen-bond acceptors (Lipinski definition) is 4. The molecule has 104 valence electrons. The molecule has 0 saturated carbocycles. The van der Waals surface area contributed by atoms with Crippen LogP contribution >= 0.6 is 11.6 Å². The molecule has 0 aliphatic heterocycles. The summed E-state index contributed by atoms with van der Waals surface area (Å²) in [5, 5.41) is 14.2. The van der Waals surface area contributed by atoms with Gasteiger partial charge in [0.15, 0.2) is 11.0 Å². The van der Waals surface area contributed by atoms with E-state index in [1.807, 2.05) is 0 Å². The van der Waals surface area contributed by atoms with Gasteiger partial charge in [0.05, 0.1) is 0 Å². The van der Waals surface area contributed by atoms with Crippen molar-refractivity contribution in [3.8, 4) is 0 Å². The van der Waals surface area contributed by atoms with Gasteiger partial charge in [0.1, 0.15) is 5.84 Å². The van der Waals surface area contributed by atoms with E-state index in [1.54, 1.807) is 24.3 Å². The summed E-state index contributed by atoms with van der Waals surface area (Å²) in [6.45, 7) is 0. The number of nitrogens with one attached hydrogen (secondary N) is 1. The van der Waals surface area contributed by atoms with Crippen molar-refractivity contribution in [2.24, 2.45) is 10.9 Å². The van der Waals surface area contributed by atoms with Crippen LogP contribution < -0.4 is 11.1 Å². The Balaban J connectivity index is 2.02. The normalized spacial score (nSPS) is 11.3. The highest BCUT2D eigenvalue weighted by molar-refractivity contribution is 6.29. The van der Waals surface area contributed by atoms with Gasteiger partial charge in [0.25, 0.3) is 5.91 Å². The molecule has 0 radical (unpaired) electrons. The third kappa shape index (κ3) is 3.52. The van der Waals surface area contributed by atoms with Gasteiger partial charge in [-0.2, -0.15) is 0 Å². The molecule has 20 heavy (non-hydrogen) atoms. The Kier molecular flexibility index (Phi) is 4.27. The van der Waals surface area contributed by atoms with Gasteiger partial charge in [-0.3, -0.25) is 4.79 Å². The number of amides is 1. The van der Waals surface area contributed by atoms with E-state index in [4.69, 9.17) is 27.0 Å². The maximum atomic E-state index is 11.8. The summed E-state index contributed by atoms with van der Waals surface area (Å²) in [6.07, 6.45) is 0.332. The first-order valence-corrected chi connectivity index (χ1v) is 6.08. The second-order valence-corrected chi connectivity index (χ2v) is 4.40. The molecule has 1 amide bonds. The fourth-order valence-corrected chi connectivity index (χ4v) is 1.73. The molecule has 1 aromatic carbocycles. The molecular weight excluding hydrogens is 282 g/mol. The second kappa shape index (κ2) is 6.12. The zero-order chi connectivity index (χ0) is 14.5. The topological polar surface area (TPSA) is 101 Å². The number of nitrogens with two attached hydrogens (primary N) is 1. The lowest BCUT2D eigenvalue weighted by Crippen LogP contribution is -2.15. The monoisotopic (exact) mass is 293 g/mol. The summed E-state index contributed by atoms with van der Waals surface area (Å²) >= 11 is 5.60. The van der Waals surface area contributed by atoms with E-state index >= 15 is 0 Å². The van der Waals surface area contributed by atoms with Gasteiger partial charge >= 0.3 is 0 Å². The number of carbonyl (C=O) groups excluding carboxylic acids is 1. The molecule has 0 saturated heterocycles. The fraction of sp³-hybridized carbons (Fsp3) is 0.0769. The van der Waals surface area contributed by atoms with Crippen LogP contribution in [0.1, 0.15) is 16.1 Å². The van der Waals surface area contributed by atoms with Crippen LogP contribution in [0.2, 0.25) is 5.22 Å². The van der Waals surface area contributed by atoms with Crippen molar-refractivity contribution >= 4 is 29.0 Å². The van der Waals surface area contributed by atoms with Crippen LogP contribution in [-0.4, -0.2) is 17.0 Å². The van der Waals surface area contributed by atoms with Gasteiger partial charge in [-0.15, -0.1) is 0 Å². The van der Waals surface area contributed by atoms with E-state index in [2.05, 4.69) is 10.5 Å². The smallest absolute Gasteiger partial charge is 0.291 e. The van der Waals surface area contributed by atoms with Crippen molar-refractivity contribution in [2.75, 3.05) is 5.32 Å². The largest absolute Gasteiger partial charge is 0.440 e. The summed E-state index contributed by atoms with van der Waals surface area (Å²) in [5.74, 6) is -0.135. The average Bonchev–Trinajstić information content (AvgIpc) is 2.87. The number of hydrogen-bond donors (Lipinski definition) is 3. The molecule has 7 heteroatoms. The molecule has 1 aromatic heterocycles. The van der Waals surface area contributed by atoms with Crippen LogP contribution in [0.15, 0.2) is 46.0 Å². The SMILES string of the molecule is N/C(Cc1ccc(NC(=O)c2ccc(Cl)o2)cc1)=N/O. The molecule has 2 rings (SSSR count). The van der Waals surface area contributed by atoms with Crippen LogP contribution in [0.25, 0.3) is 0 Å². The van der Waals surface area contributed by atoms with Gasteiger partial charge in [-0.1, -0.05) is 17.3 Å². The Bertz CT molecular complexity index is 635. The fourth-order valence-electron chi connectivity index (χ4n) is 1.58. The van der Waals surface area contributed by atoms with Crippen molar-refractivity contribution in [3.05, 3.63) is 52.9 Å². The van der Waals surface area contributed by atoms with Gasteiger partial charge in [0, 0.05) is 12.1 Å². The van der Waals surface area contributed by atoms with Gasteiger partial charge in [-0.05, 0) is 41.4 Å². The summed E-state index contributed by atoms with van der Waals surface area (Å²) in [4.78, 5) is 11.8. The number of nitrogens with zero attached hydrogens (tertiary/aromatic N) is 1. The van der Waals surface area contributed by atoms with Crippen molar-refractivity contribution in [1.82, 2.24) is 0 Å². The molecule has 4 N–H and O–H groups in total. The van der Waals surface area contributed by atoms with Gasteiger partial charge in [0.2, 0.25) is 0 Å². The number of carbonyl (C=O) groups is 1. The van der Waals surface area contributed by atoms with Crippen molar-refractivity contribution < 1.29 is 14.4 Å². The van der Waals surface area contributed by atoms with E-state index in [9.17, 15) is 4.79 Å². The predicted molar refractivity (Wildman–Crippen MR) is 75.2 cm³/mol. The number of furan rings is 1. The van der Waals surface area contributed by atoms with E-state index in [0.29, 0.717) is 12.1 Å². The third-order valence-corrected chi connectivity index (χ3v) is 2.73. The van der Waals surface area contributed by atoms with E-state index in [1.165, 1.54) is 12.1 Å². The first kappa shape index (κ1) is 14.0. The van der Waals surface area contributed by atoms with Crippen LogP contribution in [0.4, 0.5) is 5.69 Å². The Labute approximate surface area is 119 Å². The number of anilines is 1. The number of halogens is 1. The first-order chi connectivity index (χ1) is 9.58. The van der Waals surface area contributed by atoms with E-state index < -0.39 is 0 Å². The zero-order valence-corrected chi connectivity index (χ0v) is 11.1. The molecule has 6 nitrogen and oxygen atoms in total. The molecule has 0 aliphatic rings. The summed E-state index contributed by atoms with van der Waals surface area (Å²) in [6, 6.07) is 9.94. The van der Waals surface area contributed by atoms with E-state index in [-0.39, 0.29) is 22.7 Å². The summed E-state index contributed by atoms with van der Waals surface area (Å²) < 4.78 is 5.00. The lowest BCUT2D eigenvalue weighted by molar-refractivity contribution is 0.0997.